The van der Waals surface area contributed by atoms with E-state index in [0.29, 0.717) is 0 Å². The van der Waals surface area contributed by atoms with Crippen molar-refractivity contribution in [1.82, 2.24) is 0 Å². The number of benzene rings is 2. The maximum Gasteiger partial charge on any atom is 0.106 e. The van der Waals surface area contributed by atoms with E-state index in [1.165, 1.54) is 21.9 Å². The Bertz CT molecular complexity index is 545. The van der Waals surface area contributed by atoms with Gasteiger partial charge in [0.05, 0.1) is 0 Å². The maximum atomic E-state index is 8.00. The molecule has 8 heteroatoms. The van der Waals surface area contributed by atoms with Crippen LogP contribution in [0.15, 0.2) is 36.4 Å². The van der Waals surface area contributed by atoms with Gasteiger partial charge in [0.25, 0.3) is 0 Å². The molecule has 0 saturated carbocycles. The molecule has 0 aromatic heterocycles. The standard InChI is InChI=1S/C12H8.7CH2O.Ru/c1-3-9-4-2-6-11-8-7-10(5-1)12(9)11;7*1-2;/h1-8H;7*1H2;. The smallest absolute Gasteiger partial charge is 0.106 e. The van der Waals surface area contributed by atoms with E-state index < -0.39 is 0 Å². The zero-order valence-electron chi connectivity index (χ0n) is 14.8. The van der Waals surface area contributed by atoms with Crippen molar-refractivity contribution < 1.29 is 53.0 Å². The third kappa shape index (κ3) is 14.8. The van der Waals surface area contributed by atoms with Crippen LogP contribution in [0.2, 0.25) is 0 Å². The Morgan fingerprint density at radius 3 is 0.963 bits per heavy atom. The van der Waals surface area contributed by atoms with Crippen molar-refractivity contribution in [2.75, 3.05) is 0 Å². The number of hydrogen-bond acceptors (Lipinski definition) is 7. The summed E-state index contributed by atoms with van der Waals surface area (Å²) in [5.41, 5.74) is 2.70. The van der Waals surface area contributed by atoms with Gasteiger partial charge < -0.3 is 33.6 Å². The van der Waals surface area contributed by atoms with Gasteiger partial charge in [-0.25, -0.2) is 0 Å². The molecule has 0 atom stereocenters. The Hall–Kier alpha value is -3.25. The molecule has 0 N–H and O–H groups in total. The van der Waals surface area contributed by atoms with Gasteiger partial charge in [0.2, 0.25) is 0 Å². The molecule has 2 aromatic rings. The Labute approximate surface area is 171 Å². The Morgan fingerprint density at radius 1 is 0.444 bits per heavy atom. The van der Waals surface area contributed by atoms with Crippen LogP contribution in [0.5, 0.6) is 0 Å². The SMILES string of the molecule is C1=Cc2cccc3cccc1c23.C=O.C=O.C=O.C=O.C=O.C=O.C=O.[Ru]. The van der Waals surface area contributed by atoms with Crippen LogP contribution < -0.4 is 0 Å². The molecule has 0 fully saturated rings. The van der Waals surface area contributed by atoms with Gasteiger partial charge in [-0.1, -0.05) is 48.6 Å². The summed E-state index contributed by atoms with van der Waals surface area (Å²) < 4.78 is 0. The summed E-state index contributed by atoms with van der Waals surface area (Å²) in [6.07, 6.45) is 4.36. The van der Waals surface area contributed by atoms with Crippen molar-refractivity contribution in [1.29, 1.82) is 0 Å². The minimum absolute atomic E-state index is 0. The van der Waals surface area contributed by atoms with E-state index in [1.54, 1.807) is 0 Å². The van der Waals surface area contributed by atoms with Gasteiger partial charge in [-0.3, -0.25) is 0 Å². The molecule has 0 heterocycles. The van der Waals surface area contributed by atoms with Crippen molar-refractivity contribution in [3.8, 4) is 0 Å². The minimum atomic E-state index is 0. The van der Waals surface area contributed by atoms with Gasteiger partial charge in [-0.2, -0.15) is 0 Å². The van der Waals surface area contributed by atoms with Crippen molar-refractivity contribution in [2.45, 2.75) is 0 Å². The molecular weight excluding hydrogens is 441 g/mol. The van der Waals surface area contributed by atoms with E-state index in [9.17, 15) is 0 Å². The first-order valence-corrected chi connectivity index (χ1v) is 6.17. The van der Waals surface area contributed by atoms with Crippen molar-refractivity contribution in [2.24, 2.45) is 0 Å². The van der Waals surface area contributed by atoms with Crippen molar-refractivity contribution >= 4 is 70.4 Å². The molecule has 3 rings (SSSR count). The molecule has 1 aliphatic carbocycles. The van der Waals surface area contributed by atoms with Gasteiger partial charge in [0, 0.05) is 19.5 Å². The molecule has 0 spiro atoms. The van der Waals surface area contributed by atoms with E-state index in [4.69, 9.17) is 33.6 Å². The predicted molar refractivity (Wildman–Crippen MR) is 103 cm³/mol. The summed E-state index contributed by atoms with van der Waals surface area (Å²) in [6.45, 7) is 14.0. The molecule has 0 unspecified atom stereocenters. The number of carbonyl (C=O) groups is 7. The van der Waals surface area contributed by atoms with E-state index >= 15 is 0 Å². The fourth-order valence-corrected chi connectivity index (χ4v) is 1.86. The maximum absolute atomic E-state index is 8.00. The molecule has 0 saturated heterocycles. The van der Waals surface area contributed by atoms with E-state index in [1.807, 2.05) is 47.5 Å². The summed E-state index contributed by atoms with van der Waals surface area (Å²) in [5.74, 6) is 0. The van der Waals surface area contributed by atoms with Crippen LogP contribution >= 0.6 is 0 Å². The second-order valence-electron chi connectivity index (χ2n) is 3.13. The largest absolute Gasteiger partial charge is 0.307 e. The quantitative estimate of drug-likeness (QED) is 0.468. The molecule has 0 aliphatic heterocycles. The second-order valence-corrected chi connectivity index (χ2v) is 3.13. The fourth-order valence-electron chi connectivity index (χ4n) is 1.86. The van der Waals surface area contributed by atoms with E-state index in [-0.39, 0.29) is 19.5 Å². The second kappa shape index (κ2) is 38.4. The Kier molecular flexibility index (Phi) is 55.4. The third-order valence-corrected chi connectivity index (χ3v) is 2.41. The van der Waals surface area contributed by atoms with Crippen LogP contribution in [0.4, 0.5) is 0 Å². The molecule has 7 nitrogen and oxygen atoms in total. The van der Waals surface area contributed by atoms with Crippen LogP contribution in [0, 0.1) is 0 Å². The first kappa shape index (κ1) is 39.0. The molecule has 148 valence electrons. The molecule has 0 amide bonds. The first-order chi connectivity index (χ1) is 12.9. The van der Waals surface area contributed by atoms with E-state index in [2.05, 4.69) is 48.6 Å². The number of hydrogen-bond donors (Lipinski definition) is 0. The minimum Gasteiger partial charge on any atom is -0.307 e. The molecule has 0 bridgehead atoms. The molecule has 2 aromatic carbocycles. The summed E-state index contributed by atoms with van der Waals surface area (Å²) >= 11 is 0. The average Bonchev–Trinajstić information content (AvgIpc) is 3.23. The van der Waals surface area contributed by atoms with Crippen LogP contribution in [-0.4, -0.2) is 47.5 Å². The topological polar surface area (TPSA) is 119 Å². The average molecular weight is 463 g/mol. The summed E-state index contributed by atoms with van der Waals surface area (Å²) in [7, 11) is 0. The van der Waals surface area contributed by atoms with Gasteiger partial charge >= 0.3 is 0 Å². The monoisotopic (exact) mass is 464 g/mol. The first-order valence-electron chi connectivity index (χ1n) is 6.17. The van der Waals surface area contributed by atoms with Crippen LogP contribution in [0.1, 0.15) is 11.1 Å². The predicted octanol–water partition coefficient (Wildman–Crippen LogP) is 2.03. The van der Waals surface area contributed by atoms with Gasteiger partial charge in [0.1, 0.15) is 47.5 Å². The zero-order valence-corrected chi connectivity index (χ0v) is 16.5. The number of rotatable bonds is 0. The molecule has 1 aliphatic rings. The number of carbonyl (C=O) groups excluding carboxylic acids is 7. The van der Waals surface area contributed by atoms with E-state index in [0.717, 1.165) is 0 Å². The normalized spacial score (nSPS) is 6.67. The third-order valence-electron chi connectivity index (χ3n) is 2.41. The van der Waals surface area contributed by atoms with Gasteiger partial charge in [-0.15, -0.1) is 0 Å². The van der Waals surface area contributed by atoms with Crippen LogP contribution in [0.3, 0.4) is 0 Å². The summed E-state index contributed by atoms with van der Waals surface area (Å²) in [4.78, 5) is 56.0. The van der Waals surface area contributed by atoms with Crippen molar-refractivity contribution in [3.05, 3.63) is 47.5 Å². The Morgan fingerprint density at radius 2 is 0.704 bits per heavy atom. The van der Waals surface area contributed by atoms with Crippen LogP contribution in [-0.2, 0) is 53.0 Å². The fraction of sp³-hybridized carbons (Fsp3) is 0. The molecule has 27 heavy (non-hydrogen) atoms. The van der Waals surface area contributed by atoms with Gasteiger partial charge in [0.15, 0.2) is 0 Å². The molecular formula is C19H22O7Ru. The van der Waals surface area contributed by atoms with Crippen LogP contribution in [0.25, 0.3) is 22.9 Å². The summed E-state index contributed by atoms with van der Waals surface area (Å²) in [5, 5.41) is 2.75. The summed E-state index contributed by atoms with van der Waals surface area (Å²) in [6, 6.07) is 12.9. The van der Waals surface area contributed by atoms with Gasteiger partial charge in [-0.05, 0) is 21.9 Å². The van der Waals surface area contributed by atoms with Crippen molar-refractivity contribution in [3.63, 3.8) is 0 Å². The molecule has 0 radical (unpaired) electrons. The Balaban J connectivity index is -0.0000000637. The zero-order chi connectivity index (χ0) is 22.0.